The predicted octanol–water partition coefficient (Wildman–Crippen LogP) is 1.97. The molecule has 1 unspecified atom stereocenters. The van der Waals surface area contributed by atoms with E-state index in [1.54, 1.807) is 6.07 Å². The molecule has 2 heterocycles. The van der Waals surface area contributed by atoms with E-state index in [9.17, 15) is 9.59 Å². The summed E-state index contributed by atoms with van der Waals surface area (Å²) >= 11 is 1.53. The Bertz CT molecular complexity index is 526. The Kier molecular flexibility index (Phi) is 2.78. The van der Waals surface area contributed by atoms with E-state index in [0.717, 1.165) is 30.1 Å². The van der Waals surface area contributed by atoms with E-state index in [4.69, 9.17) is 0 Å². The third-order valence-electron chi connectivity index (χ3n) is 3.30. The first kappa shape index (κ1) is 11.6. The Morgan fingerprint density at radius 1 is 1.44 bits per heavy atom. The van der Waals surface area contributed by atoms with Gasteiger partial charge in [-0.05, 0) is 31.5 Å². The van der Waals surface area contributed by atoms with Gasteiger partial charge in [-0.2, -0.15) is 0 Å². The standard InChI is InChI=1S/C13H14N2O2S/c1-8-12(16)14-10-7-9(3-4-11(10)18-8)13(17)15-5-2-6-15/h3-4,7-8H,2,5-6H2,1H3,(H,14,16). The summed E-state index contributed by atoms with van der Waals surface area (Å²) in [7, 11) is 0. The zero-order valence-corrected chi connectivity index (χ0v) is 10.9. The van der Waals surface area contributed by atoms with Crippen molar-refractivity contribution in [2.45, 2.75) is 23.5 Å². The van der Waals surface area contributed by atoms with Gasteiger partial charge in [-0.3, -0.25) is 9.59 Å². The van der Waals surface area contributed by atoms with Gasteiger partial charge in [-0.15, -0.1) is 11.8 Å². The van der Waals surface area contributed by atoms with Gasteiger partial charge < -0.3 is 10.2 Å². The van der Waals surface area contributed by atoms with Crippen molar-refractivity contribution in [3.05, 3.63) is 23.8 Å². The fourth-order valence-corrected chi connectivity index (χ4v) is 2.97. The quantitative estimate of drug-likeness (QED) is 0.841. The van der Waals surface area contributed by atoms with Crippen molar-refractivity contribution in [2.24, 2.45) is 0 Å². The van der Waals surface area contributed by atoms with Crippen LogP contribution in [0.3, 0.4) is 0 Å². The number of thioether (sulfide) groups is 1. The van der Waals surface area contributed by atoms with E-state index in [1.165, 1.54) is 11.8 Å². The first-order valence-electron chi connectivity index (χ1n) is 6.06. The number of hydrogen-bond acceptors (Lipinski definition) is 3. The van der Waals surface area contributed by atoms with Crippen LogP contribution in [0.25, 0.3) is 0 Å². The molecule has 0 aliphatic carbocycles. The molecule has 4 nitrogen and oxygen atoms in total. The van der Waals surface area contributed by atoms with E-state index in [-0.39, 0.29) is 17.1 Å². The number of likely N-dealkylation sites (tertiary alicyclic amines) is 1. The Labute approximate surface area is 110 Å². The molecule has 3 rings (SSSR count). The predicted molar refractivity (Wildman–Crippen MR) is 70.9 cm³/mol. The van der Waals surface area contributed by atoms with Crippen molar-refractivity contribution in [2.75, 3.05) is 18.4 Å². The molecule has 1 fully saturated rings. The monoisotopic (exact) mass is 262 g/mol. The molecule has 0 radical (unpaired) electrons. The lowest BCUT2D eigenvalue weighted by molar-refractivity contribution is -0.115. The molecular formula is C13H14N2O2S. The molecule has 1 aromatic rings. The fraction of sp³-hybridized carbons (Fsp3) is 0.385. The summed E-state index contributed by atoms with van der Waals surface area (Å²) in [4.78, 5) is 26.5. The van der Waals surface area contributed by atoms with E-state index in [0.29, 0.717) is 5.56 Å². The lowest BCUT2D eigenvalue weighted by Crippen LogP contribution is -2.42. The molecule has 5 heteroatoms. The normalized spacial score (nSPS) is 21.9. The third-order valence-corrected chi connectivity index (χ3v) is 4.48. The molecule has 94 valence electrons. The molecule has 0 spiro atoms. The van der Waals surface area contributed by atoms with Crippen LogP contribution in [0.1, 0.15) is 23.7 Å². The molecule has 0 saturated carbocycles. The maximum atomic E-state index is 12.1. The van der Waals surface area contributed by atoms with Crippen LogP contribution in [0.4, 0.5) is 5.69 Å². The van der Waals surface area contributed by atoms with E-state index >= 15 is 0 Å². The zero-order chi connectivity index (χ0) is 12.7. The average molecular weight is 262 g/mol. The van der Waals surface area contributed by atoms with Crippen molar-refractivity contribution in [3.63, 3.8) is 0 Å². The topological polar surface area (TPSA) is 49.4 Å². The van der Waals surface area contributed by atoms with Crippen LogP contribution >= 0.6 is 11.8 Å². The lowest BCUT2D eigenvalue weighted by Gasteiger charge is -2.31. The maximum absolute atomic E-state index is 12.1. The maximum Gasteiger partial charge on any atom is 0.253 e. The Hall–Kier alpha value is -1.49. The second kappa shape index (κ2) is 4.31. The highest BCUT2D eigenvalue weighted by atomic mass is 32.2. The van der Waals surface area contributed by atoms with Crippen molar-refractivity contribution in [1.82, 2.24) is 4.90 Å². The SMILES string of the molecule is CC1Sc2ccc(C(=O)N3CCC3)cc2NC1=O. The molecule has 2 aliphatic rings. The summed E-state index contributed by atoms with van der Waals surface area (Å²) in [6.45, 7) is 3.56. The summed E-state index contributed by atoms with van der Waals surface area (Å²) < 4.78 is 0. The highest BCUT2D eigenvalue weighted by Gasteiger charge is 2.26. The molecule has 1 saturated heterocycles. The minimum atomic E-state index is -0.0746. The smallest absolute Gasteiger partial charge is 0.253 e. The number of rotatable bonds is 1. The summed E-state index contributed by atoms with van der Waals surface area (Å²) in [6.07, 6.45) is 1.08. The second-order valence-electron chi connectivity index (χ2n) is 4.61. The summed E-state index contributed by atoms with van der Waals surface area (Å²) in [5.74, 6) is 0.0583. The number of fused-ring (bicyclic) bond motifs is 1. The number of benzene rings is 1. The highest BCUT2D eigenvalue weighted by Crippen LogP contribution is 2.36. The number of nitrogens with one attached hydrogen (secondary N) is 1. The average Bonchev–Trinajstić information content (AvgIpc) is 2.27. The number of nitrogens with zero attached hydrogens (tertiary/aromatic N) is 1. The van der Waals surface area contributed by atoms with Crippen molar-refractivity contribution >= 4 is 29.3 Å². The van der Waals surface area contributed by atoms with Crippen molar-refractivity contribution in [1.29, 1.82) is 0 Å². The van der Waals surface area contributed by atoms with Gasteiger partial charge >= 0.3 is 0 Å². The molecule has 1 atom stereocenters. The third kappa shape index (κ3) is 1.88. The van der Waals surface area contributed by atoms with Crippen LogP contribution in [-0.4, -0.2) is 35.1 Å². The summed E-state index contributed by atoms with van der Waals surface area (Å²) in [5, 5.41) is 2.77. The lowest BCUT2D eigenvalue weighted by atomic mass is 10.1. The van der Waals surface area contributed by atoms with Gasteiger partial charge in [-0.25, -0.2) is 0 Å². The molecule has 0 aromatic heterocycles. The number of hydrogen-bond donors (Lipinski definition) is 1. The van der Waals surface area contributed by atoms with Gasteiger partial charge in [0, 0.05) is 23.5 Å². The molecule has 1 N–H and O–H groups in total. The second-order valence-corrected chi connectivity index (χ2v) is 5.99. The number of anilines is 1. The largest absolute Gasteiger partial charge is 0.339 e. The molecule has 2 amide bonds. The molecule has 2 aliphatic heterocycles. The minimum Gasteiger partial charge on any atom is -0.339 e. The Morgan fingerprint density at radius 3 is 2.89 bits per heavy atom. The van der Waals surface area contributed by atoms with E-state index < -0.39 is 0 Å². The highest BCUT2D eigenvalue weighted by molar-refractivity contribution is 8.00. The molecular weight excluding hydrogens is 248 g/mol. The molecule has 1 aromatic carbocycles. The summed E-state index contributed by atoms with van der Waals surface area (Å²) in [5.41, 5.74) is 1.42. The van der Waals surface area contributed by atoms with Gasteiger partial charge in [0.25, 0.3) is 5.91 Å². The van der Waals surface area contributed by atoms with Crippen molar-refractivity contribution < 1.29 is 9.59 Å². The zero-order valence-electron chi connectivity index (χ0n) is 10.1. The minimum absolute atomic E-state index is 0.000972. The van der Waals surface area contributed by atoms with Gasteiger partial charge in [0.2, 0.25) is 5.91 Å². The van der Waals surface area contributed by atoms with Gasteiger partial charge in [-0.1, -0.05) is 0 Å². The van der Waals surface area contributed by atoms with Crippen LogP contribution in [-0.2, 0) is 4.79 Å². The molecule has 0 bridgehead atoms. The Balaban J connectivity index is 1.88. The van der Waals surface area contributed by atoms with Crippen LogP contribution in [0, 0.1) is 0 Å². The summed E-state index contributed by atoms with van der Waals surface area (Å²) in [6, 6.07) is 5.55. The number of carbonyl (C=O) groups excluding carboxylic acids is 2. The van der Waals surface area contributed by atoms with E-state index in [1.807, 2.05) is 24.0 Å². The van der Waals surface area contributed by atoms with Gasteiger partial charge in [0.05, 0.1) is 10.9 Å². The van der Waals surface area contributed by atoms with Gasteiger partial charge in [0.1, 0.15) is 0 Å². The van der Waals surface area contributed by atoms with Crippen LogP contribution in [0.2, 0.25) is 0 Å². The van der Waals surface area contributed by atoms with Crippen molar-refractivity contribution in [3.8, 4) is 0 Å². The van der Waals surface area contributed by atoms with Gasteiger partial charge in [0.15, 0.2) is 0 Å². The van der Waals surface area contributed by atoms with Crippen LogP contribution < -0.4 is 5.32 Å². The molecule has 18 heavy (non-hydrogen) atoms. The van der Waals surface area contributed by atoms with E-state index in [2.05, 4.69) is 5.32 Å². The van der Waals surface area contributed by atoms with Crippen LogP contribution in [0.15, 0.2) is 23.1 Å². The Morgan fingerprint density at radius 2 is 2.22 bits per heavy atom. The fourth-order valence-electron chi connectivity index (χ4n) is 2.04. The van der Waals surface area contributed by atoms with Crippen LogP contribution in [0.5, 0.6) is 0 Å². The first-order valence-corrected chi connectivity index (χ1v) is 6.94. The first-order chi connectivity index (χ1) is 8.65. The number of amides is 2. The number of carbonyl (C=O) groups is 2.